The quantitative estimate of drug-likeness (QED) is 0.787. The van der Waals surface area contributed by atoms with Crippen LogP contribution in [0, 0.1) is 0 Å². The van der Waals surface area contributed by atoms with Crippen LogP contribution in [0.5, 0.6) is 0 Å². The predicted molar refractivity (Wildman–Crippen MR) is 99.9 cm³/mol. The summed E-state index contributed by atoms with van der Waals surface area (Å²) in [6.45, 7) is 1.34. The van der Waals surface area contributed by atoms with Crippen molar-refractivity contribution in [1.82, 2.24) is 14.3 Å². The molecule has 2 aromatic heterocycles. The van der Waals surface area contributed by atoms with E-state index in [1.165, 1.54) is 0 Å². The highest BCUT2D eigenvalue weighted by atomic mass is 16.3. The first kappa shape index (κ1) is 16.8. The van der Waals surface area contributed by atoms with Crippen LogP contribution in [0.2, 0.25) is 0 Å². The summed E-state index contributed by atoms with van der Waals surface area (Å²) < 4.78 is 1.93. The van der Waals surface area contributed by atoms with E-state index >= 15 is 0 Å². The van der Waals surface area contributed by atoms with Crippen molar-refractivity contribution >= 4 is 11.6 Å². The van der Waals surface area contributed by atoms with Gasteiger partial charge in [-0.2, -0.15) is 0 Å². The third-order valence-corrected chi connectivity index (χ3v) is 5.36. The number of nitrogens with zero attached hydrogens (tertiary/aromatic N) is 3. The van der Waals surface area contributed by atoms with Gasteiger partial charge in [0.2, 0.25) is 5.91 Å². The van der Waals surface area contributed by atoms with E-state index in [-0.39, 0.29) is 24.3 Å². The van der Waals surface area contributed by atoms with Gasteiger partial charge in [0.05, 0.1) is 18.7 Å². The summed E-state index contributed by atoms with van der Waals surface area (Å²) in [5.74, 6) is 0.0712. The molecular weight excluding hydrogens is 326 g/mol. The van der Waals surface area contributed by atoms with Gasteiger partial charge in [-0.05, 0) is 30.5 Å². The van der Waals surface area contributed by atoms with Crippen molar-refractivity contribution in [3.05, 3.63) is 72.2 Å². The number of hydrogen-bond acceptors (Lipinski definition) is 3. The first-order valence-electron chi connectivity index (χ1n) is 9.07. The normalized spacial score (nSPS) is 20.4. The molecule has 5 heteroatoms. The Morgan fingerprint density at radius 1 is 1.15 bits per heavy atom. The van der Waals surface area contributed by atoms with Crippen molar-refractivity contribution < 1.29 is 9.90 Å². The number of benzene rings is 1. The zero-order chi connectivity index (χ0) is 18.0. The average Bonchev–Trinajstić information content (AvgIpc) is 3.11. The van der Waals surface area contributed by atoms with Gasteiger partial charge < -0.3 is 14.4 Å². The third kappa shape index (κ3) is 3.10. The van der Waals surface area contributed by atoms with Crippen LogP contribution < -0.4 is 0 Å². The number of hydrogen-bond donors (Lipinski definition) is 1. The molecule has 1 fully saturated rings. The molecule has 1 N–H and O–H groups in total. The van der Waals surface area contributed by atoms with E-state index < -0.39 is 0 Å². The molecule has 1 aliphatic rings. The fourth-order valence-electron chi connectivity index (χ4n) is 3.93. The zero-order valence-corrected chi connectivity index (χ0v) is 14.7. The second kappa shape index (κ2) is 6.92. The second-order valence-electron chi connectivity index (χ2n) is 7.10. The summed E-state index contributed by atoms with van der Waals surface area (Å²) in [7, 11) is 0. The lowest BCUT2D eigenvalue weighted by molar-refractivity contribution is -0.133. The summed E-state index contributed by atoms with van der Waals surface area (Å²) in [6.07, 6.45) is 5.92. The van der Waals surface area contributed by atoms with Crippen molar-refractivity contribution in [2.75, 3.05) is 19.7 Å². The van der Waals surface area contributed by atoms with Crippen LogP contribution >= 0.6 is 0 Å². The lowest BCUT2D eigenvalue weighted by atomic mass is 9.74. The largest absolute Gasteiger partial charge is 0.395 e. The summed E-state index contributed by atoms with van der Waals surface area (Å²) in [6, 6.07) is 15.9. The number of aromatic nitrogens is 2. The van der Waals surface area contributed by atoms with E-state index in [2.05, 4.69) is 4.98 Å². The second-order valence-corrected chi connectivity index (χ2v) is 7.10. The van der Waals surface area contributed by atoms with Crippen molar-refractivity contribution in [2.24, 2.45) is 0 Å². The van der Waals surface area contributed by atoms with Gasteiger partial charge in [-0.3, -0.25) is 4.79 Å². The van der Waals surface area contributed by atoms with Crippen molar-refractivity contribution in [1.29, 1.82) is 0 Å². The van der Waals surface area contributed by atoms with E-state index in [0.29, 0.717) is 6.54 Å². The van der Waals surface area contributed by atoms with Gasteiger partial charge in [-0.25, -0.2) is 4.98 Å². The first-order chi connectivity index (χ1) is 12.7. The van der Waals surface area contributed by atoms with Crippen molar-refractivity contribution in [3.8, 4) is 0 Å². The molecule has 3 heterocycles. The molecule has 1 aromatic carbocycles. The Morgan fingerprint density at radius 3 is 2.73 bits per heavy atom. The molecule has 0 aliphatic carbocycles. The summed E-state index contributed by atoms with van der Waals surface area (Å²) in [5, 5.41) is 10.1. The number of likely N-dealkylation sites (tertiary alicyclic amines) is 1. The Hall–Kier alpha value is -2.66. The summed E-state index contributed by atoms with van der Waals surface area (Å²) >= 11 is 0. The Morgan fingerprint density at radius 2 is 1.96 bits per heavy atom. The van der Waals surface area contributed by atoms with E-state index in [1.807, 2.05) is 70.2 Å². The number of fused-ring (bicyclic) bond motifs is 1. The number of aliphatic hydroxyl groups is 1. The number of carbonyl (C=O) groups is 1. The van der Waals surface area contributed by atoms with Gasteiger partial charge in [0, 0.05) is 30.9 Å². The Kier molecular flexibility index (Phi) is 4.47. The van der Waals surface area contributed by atoms with E-state index in [4.69, 9.17) is 0 Å². The maximum Gasteiger partial charge on any atom is 0.228 e. The van der Waals surface area contributed by atoms with Crippen LogP contribution in [0.25, 0.3) is 5.65 Å². The highest BCUT2D eigenvalue weighted by molar-refractivity contribution is 5.78. The zero-order valence-electron chi connectivity index (χ0n) is 14.7. The molecule has 1 saturated heterocycles. The molecule has 0 spiro atoms. The molecular formula is C21H23N3O2. The molecule has 0 radical (unpaired) electrons. The standard InChI is InChI=1S/C21H23N3O2/c25-16-21(17-7-2-1-3-8-17)10-6-12-24(15-21)20(26)13-18-14-23-11-5-4-9-19(23)22-18/h1-5,7-9,11,14,25H,6,10,12-13,15-16H2. The molecule has 134 valence electrons. The topological polar surface area (TPSA) is 57.8 Å². The molecule has 1 amide bonds. The first-order valence-corrected chi connectivity index (χ1v) is 9.07. The van der Waals surface area contributed by atoms with Gasteiger partial charge >= 0.3 is 0 Å². The molecule has 1 unspecified atom stereocenters. The summed E-state index contributed by atoms with van der Waals surface area (Å²) in [4.78, 5) is 19.3. The highest BCUT2D eigenvalue weighted by Crippen LogP contribution is 2.34. The Bertz CT molecular complexity index is 873. The van der Waals surface area contributed by atoms with Crippen molar-refractivity contribution in [2.45, 2.75) is 24.7 Å². The van der Waals surface area contributed by atoms with Crippen LogP contribution in [0.1, 0.15) is 24.1 Å². The summed E-state index contributed by atoms with van der Waals surface area (Å²) in [5.41, 5.74) is 2.37. The fraction of sp³-hybridized carbons (Fsp3) is 0.333. The van der Waals surface area contributed by atoms with E-state index in [9.17, 15) is 9.90 Å². The smallest absolute Gasteiger partial charge is 0.228 e. The monoisotopic (exact) mass is 349 g/mol. The van der Waals surface area contributed by atoms with Gasteiger partial charge in [0.1, 0.15) is 5.65 Å². The van der Waals surface area contributed by atoms with Gasteiger partial charge in [-0.1, -0.05) is 36.4 Å². The van der Waals surface area contributed by atoms with Crippen LogP contribution in [0.15, 0.2) is 60.9 Å². The molecule has 0 bridgehead atoms. The maximum absolute atomic E-state index is 12.9. The van der Waals surface area contributed by atoms with Crippen LogP contribution in [0.4, 0.5) is 0 Å². The molecule has 26 heavy (non-hydrogen) atoms. The number of pyridine rings is 1. The van der Waals surface area contributed by atoms with Crippen LogP contribution in [0.3, 0.4) is 0 Å². The predicted octanol–water partition coefficient (Wildman–Crippen LogP) is 2.43. The lowest BCUT2D eigenvalue weighted by Crippen LogP contribution is -2.50. The molecule has 3 aromatic rings. The molecule has 1 aliphatic heterocycles. The number of piperidine rings is 1. The fourth-order valence-corrected chi connectivity index (χ4v) is 3.93. The molecule has 0 saturated carbocycles. The molecule has 1 atom stereocenters. The number of carbonyl (C=O) groups excluding carboxylic acids is 1. The number of amides is 1. The van der Waals surface area contributed by atoms with Crippen LogP contribution in [-0.2, 0) is 16.6 Å². The average molecular weight is 349 g/mol. The highest BCUT2D eigenvalue weighted by Gasteiger charge is 2.38. The van der Waals surface area contributed by atoms with Crippen molar-refractivity contribution in [3.63, 3.8) is 0 Å². The van der Waals surface area contributed by atoms with Gasteiger partial charge in [0.25, 0.3) is 0 Å². The van der Waals surface area contributed by atoms with Crippen LogP contribution in [-0.4, -0.2) is 45.0 Å². The third-order valence-electron chi connectivity index (χ3n) is 5.36. The number of aliphatic hydroxyl groups excluding tert-OH is 1. The molecule has 5 nitrogen and oxygen atoms in total. The maximum atomic E-state index is 12.9. The Balaban J connectivity index is 1.52. The minimum Gasteiger partial charge on any atom is -0.395 e. The Labute approximate surface area is 152 Å². The van der Waals surface area contributed by atoms with E-state index in [0.717, 1.165) is 36.3 Å². The lowest BCUT2D eigenvalue weighted by Gasteiger charge is -2.42. The minimum atomic E-state index is -0.367. The van der Waals surface area contributed by atoms with Gasteiger partial charge in [0.15, 0.2) is 0 Å². The molecule has 4 rings (SSSR count). The number of rotatable bonds is 4. The number of imidazole rings is 1. The van der Waals surface area contributed by atoms with E-state index in [1.54, 1.807) is 0 Å². The van der Waals surface area contributed by atoms with Gasteiger partial charge in [-0.15, -0.1) is 0 Å². The SMILES string of the molecule is O=C(Cc1cn2ccccc2n1)N1CCCC(CO)(c2ccccc2)C1. The minimum absolute atomic E-state index is 0.0508.